The molecule has 2 aliphatic carbocycles. The summed E-state index contributed by atoms with van der Waals surface area (Å²) in [5.74, 6) is 1.59. The lowest BCUT2D eigenvalue weighted by Gasteiger charge is -2.27. The fourth-order valence-electron chi connectivity index (χ4n) is 4.25. The molecule has 3 aliphatic rings. The molecule has 0 N–H and O–H groups in total. The normalized spacial score (nSPS) is 26.2. The van der Waals surface area contributed by atoms with Crippen molar-refractivity contribution >= 4 is 11.8 Å². The summed E-state index contributed by atoms with van der Waals surface area (Å²) in [6, 6.07) is 1.59. The van der Waals surface area contributed by atoms with E-state index in [1.165, 1.54) is 21.3 Å². The van der Waals surface area contributed by atoms with Crippen molar-refractivity contribution in [3.8, 4) is 17.2 Å². The van der Waals surface area contributed by atoms with E-state index in [1.807, 2.05) is 6.08 Å². The predicted octanol–water partition coefficient (Wildman–Crippen LogP) is 2.39. The van der Waals surface area contributed by atoms with E-state index < -0.39 is 11.4 Å². The van der Waals surface area contributed by atoms with E-state index in [1.54, 1.807) is 6.07 Å². The second kappa shape index (κ2) is 5.00. The van der Waals surface area contributed by atoms with Crippen LogP contribution in [0.2, 0.25) is 0 Å². The highest BCUT2D eigenvalue weighted by Gasteiger charge is 2.61. The van der Waals surface area contributed by atoms with Crippen LogP contribution in [-0.2, 0) is 14.9 Å². The van der Waals surface area contributed by atoms with Gasteiger partial charge in [-0.25, -0.2) is 4.79 Å². The molecule has 0 radical (unpaired) electrons. The van der Waals surface area contributed by atoms with Gasteiger partial charge in [-0.1, -0.05) is 0 Å². The van der Waals surface area contributed by atoms with Gasteiger partial charge >= 0.3 is 5.97 Å². The fraction of sp³-hybridized carbons (Fsp3) is 0.444. The maximum absolute atomic E-state index is 12.9. The summed E-state index contributed by atoms with van der Waals surface area (Å²) in [7, 11) is 4.30. The van der Waals surface area contributed by atoms with Crippen molar-refractivity contribution < 1.29 is 28.5 Å². The van der Waals surface area contributed by atoms with Gasteiger partial charge in [-0.15, -0.1) is 0 Å². The van der Waals surface area contributed by atoms with Gasteiger partial charge in [-0.2, -0.15) is 0 Å². The predicted molar refractivity (Wildman–Crippen MR) is 83.6 cm³/mol. The van der Waals surface area contributed by atoms with Crippen LogP contribution in [0, 0.1) is 5.92 Å². The molecule has 1 aromatic carbocycles. The summed E-state index contributed by atoms with van der Waals surface area (Å²) in [6.45, 7) is 0. The van der Waals surface area contributed by atoms with E-state index in [-0.39, 0.29) is 17.3 Å². The van der Waals surface area contributed by atoms with Gasteiger partial charge in [-0.05, 0) is 24.8 Å². The molecule has 1 aromatic rings. The Labute approximate surface area is 139 Å². The Morgan fingerprint density at radius 2 is 2.00 bits per heavy atom. The Balaban J connectivity index is 2.09. The van der Waals surface area contributed by atoms with Gasteiger partial charge in [0.2, 0.25) is 0 Å². The molecule has 1 saturated carbocycles. The molecule has 0 aromatic heterocycles. The number of hydrogen-bond donors (Lipinski definition) is 0. The first-order chi connectivity index (χ1) is 11.6. The Kier molecular flexibility index (Phi) is 3.13. The first kappa shape index (κ1) is 15.1. The van der Waals surface area contributed by atoms with Crippen LogP contribution in [0.4, 0.5) is 0 Å². The first-order valence-electron chi connectivity index (χ1n) is 7.86. The quantitative estimate of drug-likeness (QED) is 0.793. The Morgan fingerprint density at radius 3 is 2.67 bits per heavy atom. The number of ether oxygens (including phenoxy) is 4. The van der Waals surface area contributed by atoms with Crippen molar-refractivity contribution in [2.24, 2.45) is 5.92 Å². The van der Waals surface area contributed by atoms with Crippen molar-refractivity contribution in [3.63, 3.8) is 0 Å². The summed E-state index contributed by atoms with van der Waals surface area (Å²) in [6.07, 6.45) is 3.91. The molecule has 24 heavy (non-hydrogen) atoms. The van der Waals surface area contributed by atoms with E-state index in [2.05, 4.69) is 0 Å². The van der Waals surface area contributed by atoms with Gasteiger partial charge < -0.3 is 18.9 Å². The first-order valence-corrected chi connectivity index (χ1v) is 7.86. The van der Waals surface area contributed by atoms with Crippen molar-refractivity contribution in [3.05, 3.63) is 29.0 Å². The third-order valence-electron chi connectivity index (χ3n) is 5.28. The molecule has 2 atom stereocenters. The molecule has 1 spiro atoms. The molecule has 1 heterocycles. The Bertz CT molecular complexity index is 793. The number of methoxy groups -OCH3 is 3. The molecule has 0 saturated heterocycles. The number of ketones is 1. The molecular formula is C18H18O6. The van der Waals surface area contributed by atoms with Crippen LogP contribution in [0.1, 0.15) is 35.2 Å². The van der Waals surface area contributed by atoms with Crippen LogP contribution >= 0.6 is 0 Å². The highest BCUT2D eigenvalue weighted by atomic mass is 16.5. The summed E-state index contributed by atoms with van der Waals surface area (Å²) >= 11 is 0. The Hall–Kier alpha value is -2.50. The van der Waals surface area contributed by atoms with Gasteiger partial charge in [0.15, 0.2) is 17.3 Å². The number of allylic oxidation sites excluding steroid dienone is 2. The average Bonchev–Trinajstić information content (AvgIpc) is 3.08. The molecule has 0 unspecified atom stereocenters. The number of hydrogen-bond acceptors (Lipinski definition) is 6. The zero-order valence-electron chi connectivity index (χ0n) is 13.8. The van der Waals surface area contributed by atoms with Crippen molar-refractivity contribution in [1.29, 1.82) is 0 Å². The SMILES string of the molecule is COC(=O)c1c(OC)cc(OC)c2c1[C@]13C[C@H](CC=C1O2)CC3=O. The maximum Gasteiger partial charge on any atom is 0.342 e. The summed E-state index contributed by atoms with van der Waals surface area (Å²) in [4.78, 5) is 25.4. The minimum Gasteiger partial charge on any atom is -0.496 e. The molecule has 6 nitrogen and oxygen atoms in total. The zero-order chi connectivity index (χ0) is 17.1. The summed E-state index contributed by atoms with van der Waals surface area (Å²) in [5.41, 5.74) is -0.136. The second-order valence-corrected chi connectivity index (χ2v) is 6.36. The van der Waals surface area contributed by atoms with Gasteiger partial charge in [-0.3, -0.25) is 4.79 Å². The summed E-state index contributed by atoms with van der Waals surface area (Å²) in [5, 5.41) is 0. The molecule has 6 heteroatoms. The molecule has 4 rings (SSSR count). The van der Waals surface area contributed by atoms with E-state index >= 15 is 0 Å². The molecule has 0 amide bonds. The highest BCUT2D eigenvalue weighted by molar-refractivity contribution is 6.05. The highest BCUT2D eigenvalue weighted by Crippen LogP contribution is 2.62. The maximum atomic E-state index is 12.9. The van der Waals surface area contributed by atoms with Crippen molar-refractivity contribution in [2.45, 2.75) is 24.7 Å². The van der Waals surface area contributed by atoms with Gasteiger partial charge in [0.25, 0.3) is 0 Å². The number of Topliss-reactive ketones (excluding diaryl/α,β-unsaturated/α-hetero) is 1. The van der Waals surface area contributed by atoms with Crippen LogP contribution in [0.5, 0.6) is 17.2 Å². The monoisotopic (exact) mass is 330 g/mol. The van der Waals surface area contributed by atoms with Crippen LogP contribution in [0.3, 0.4) is 0 Å². The third-order valence-corrected chi connectivity index (χ3v) is 5.28. The topological polar surface area (TPSA) is 71.1 Å². The number of benzene rings is 1. The molecule has 1 fully saturated rings. The molecular weight excluding hydrogens is 312 g/mol. The Morgan fingerprint density at radius 1 is 1.25 bits per heavy atom. The van der Waals surface area contributed by atoms with Crippen molar-refractivity contribution in [1.82, 2.24) is 0 Å². The standard InChI is InChI=1S/C18H18O6/c1-21-10-7-11(22-2)16-15(14(10)17(20)23-3)18-8-9(6-12(18)19)4-5-13(18)24-16/h5,7,9H,4,6,8H2,1-3H3/t9-,18+/m1/s1. The number of esters is 1. The minimum atomic E-state index is -0.913. The number of rotatable bonds is 3. The van der Waals surface area contributed by atoms with E-state index in [0.29, 0.717) is 41.4 Å². The average molecular weight is 330 g/mol. The van der Waals surface area contributed by atoms with Gasteiger partial charge in [0.1, 0.15) is 22.5 Å². The lowest BCUT2D eigenvalue weighted by atomic mass is 9.72. The van der Waals surface area contributed by atoms with E-state index in [9.17, 15) is 9.59 Å². The second-order valence-electron chi connectivity index (χ2n) is 6.36. The fourth-order valence-corrected chi connectivity index (χ4v) is 4.25. The molecule has 126 valence electrons. The lowest BCUT2D eigenvalue weighted by molar-refractivity contribution is -0.121. The van der Waals surface area contributed by atoms with E-state index in [0.717, 1.165) is 6.42 Å². The number of fused-ring (bicyclic) bond motifs is 2. The van der Waals surface area contributed by atoms with E-state index in [4.69, 9.17) is 18.9 Å². The smallest absolute Gasteiger partial charge is 0.342 e. The lowest BCUT2D eigenvalue weighted by Crippen LogP contribution is -2.34. The summed E-state index contributed by atoms with van der Waals surface area (Å²) < 4.78 is 21.8. The van der Waals surface area contributed by atoms with Crippen molar-refractivity contribution in [2.75, 3.05) is 21.3 Å². The van der Waals surface area contributed by atoms with Crippen LogP contribution in [-0.4, -0.2) is 33.1 Å². The number of carbonyl (C=O) groups is 2. The number of carbonyl (C=O) groups excluding carboxylic acids is 2. The minimum absolute atomic E-state index is 0.0791. The zero-order valence-corrected chi connectivity index (χ0v) is 13.8. The third kappa shape index (κ3) is 1.66. The largest absolute Gasteiger partial charge is 0.496 e. The van der Waals surface area contributed by atoms with Gasteiger partial charge in [0, 0.05) is 18.1 Å². The van der Waals surface area contributed by atoms with Crippen LogP contribution < -0.4 is 14.2 Å². The molecule has 1 aliphatic heterocycles. The van der Waals surface area contributed by atoms with Gasteiger partial charge in [0.05, 0.1) is 21.3 Å². The van der Waals surface area contributed by atoms with Crippen LogP contribution in [0.15, 0.2) is 17.9 Å². The molecule has 2 bridgehead atoms. The van der Waals surface area contributed by atoms with Crippen LogP contribution in [0.25, 0.3) is 0 Å².